The van der Waals surface area contributed by atoms with Gasteiger partial charge in [0, 0.05) is 51.4 Å². The van der Waals surface area contributed by atoms with Gasteiger partial charge in [-0.25, -0.2) is 4.98 Å². The van der Waals surface area contributed by atoms with E-state index < -0.39 is 0 Å². The molecule has 0 saturated carbocycles. The van der Waals surface area contributed by atoms with Gasteiger partial charge < -0.3 is 20.3 Å². The highest BCUT2D eigenvalue weighted by Gasteiger charge is 2.25. The van der Waals surface area contributed by atoms with Crippen LogP contribution in [0, 0.1) is 0 Å². The highest BCUT2D eigenvalue weighted by Crippen LogP contribution is 2.12. The van der Waals surface area contributed by atoms with Crippen molar-refractivity contribution in [3.05, 3.63) is 59.8 Å². The number of hydrogen-bond donors (Lipinski definition) is 2. The minimum absolute atomic E-state index is 0.206. The van der Waals surface area contributed by atoms with Gasteiger partial charge in [-0.2, -0.15) is 0 Å². The zero-order valence-corrected chi connectivity index (χ0v) is 17.1. The van der Waals surface area contributed by atoms with Crippen molar-refractivity contribution in [1.29, 1.82) is 0 Å². The van der Waals surface area contributed by atoms with Gasteiger partial charge in [-0.3, -0.25) is 9.79 Å². The molecule has 1 aliphatic rings. The van der Waals surface area contributed by atoms with E-state index in [2.05, 4.69) is 20.6 Å². The summed E-state index contributed by atoms with van der Waals surface area (Å²) in [6, 6.07) is 14.1. The molecule has 0 aliphatic carbocycles. The summed E-state index contributed by atoms with van der Waals surface area (Å²) in [5.41, 5.74) is 2.16. The van der Waals surface area contributed by atoms with Crippen LogP contribution in [0.3, 0.4) is 0 Å². The van der Waals surface area contributed by atoms with Gasteiger partial charge in [0.05, 0.1) is 0 Å². The molecule has 3 rings (SSSR count). The molecular formula is C22H29N5O2. The van der Waals surface area contributed by atoms with Crippen molar-refractivity contribution >= 4 is 11.9 Å². The lowest BCUT2D eigenvalue weighted by Crippen LogP contribution is -2.44. The molecule has 7 heteroatoms. The normalized spacial score (nSPS) is 16.6. The maximum absolute atomic E-state index is 11.8. The fourth-order valence-corrected chi connectivity index (χ4v) is 3.27. The van der Waals surface area contributed by atoms with Crippen LogP contribution in [0.1, 0.15) is 30.9 Å². The van der Waals surface area contributed by atoms with Gasteiger partial charge in [-0.15, -0.1) is 0 Å². The van der Waals surface area contributed by atoms with Gasteiger partial charge in [0.25, 0.3) is 0 Å². The molecule has 7 nitrogen and oxygen atoms in total. The van der Waals surface area contributed by atoms with E-state index in [9.17, 15) is 4.79 Å². The summed E-state index contributed by atoms with van der Waals surface area (Å²) in [5, 5.41) is 6.73. The Hall–Kier alpha value is -3.09. The summed E-state index contributed by atoms with van der Waals surface area (Å²) in [6.45, 7) is 4.51. The van der Waals surface area contributed by atoms with Crippen LogP contribution in [-0.2, 0) is 17.9 Å². The summed E-state index contributed by atoms with van der Waals surface area (Å²) >= 11 is 0. The summed E-state index contributed by atoms with van der Waals surface area (Å²) in [4.78, 5) is 22.3. The lowest BCUT2D eigenvalue weighted by molar-refractivity contribution is -0.129. The Bertz CT molecular complexity index is 825. The second-order valence-corrected chi connectivity index (χ2v) is 7.03. The van der Waals surface area contributed by atoms with E-state index in [1.54, 1.807) is 13.2 Å². The number of hydrogen-bond acceptors (Lipinski definition) is 4. The van der Waals surface area contributed by atoms with Crippen LogP contribution in [0.5, 0.6) is 5.88 Å². The zero-order chi connectivity index (χ0) is 20.5. The molecule has 2 aromatic rings. The van der Waals surface area contributed by atoms with Crippen LogP contribution in [0.25, 0.3) is 0 Å². The van der Waals surface area contributed by atoms with Gasteiger partial charge >= 0.3 is 0 Å². The zero-order valence-electron chi connectivity index (χ0n) is 17.1. The van der Waals surface area contributed by atoms with Crippen LogP contribution >= 0.6 is 0 Å². The minimum atomic E-state index is 0.206. The maximum Gasteiger partial charge on any atom is 0.222 e. The van der Waals surface area contributed by atoms with Crippen LogP contribution in [0.4, 0.5) is 0 Å². The number of likely N-dealkylation sites (tertiary alicyclic amines) is 1. The molecule has 1 unspecified atom stereocenters. The number of ether oxygens (including phenoxy) is 1. The molecule has 29 heavy (non-hydrogen) atoms. The first-order valence-electron chi connectivity index (χ1n) is 10.0. The molecule has 0 radical (unpaired) electrons. The first-order chi connectivity index (χ1) is 14.2. The summed E-state index contributed by atoms with van der Waals surface area (Å²) in [6.07, 6.45) is 3.23. The Labute approximate surface area is 172 Å². The molecule has 1 saturated heterocycles. The Morgan fingerprint density at radius 3 is 2.86 bits per heavy atom. The van der Waals surface area contributed by atoms with Crippen LogP contribution in [-0.4, -0.2) is 47.9 Å². The quantitative estimate of drug-likeness (QED) is 0.556. The first kappa shape index (κ1) is 20.6. The molecule has 1 aliphatic heterocycles. The van der Waals surface area contributed by atoms with Crippen molar-refractivity contribution in [2.75, 3.05) is 20.1 Å². The van der Waals surface area contributed by atoms with Crippen molar-refractivity contribution in [1.82, 2.24) is 20.5 Å². The average Bonchev–Trinajstić information content (AvgIpc) is 3.24. The molecule has 1 aromatic carbocycles. The third kappa shape index (κ3) is 6.20. The molecule has 2 N–H and O–H groups in total. The number of nitrogens with one attached hydrogen (secondary N) is 2. The number of aliphatic imine (C=N–C) groups is 1. The van der Waals surface area contributed by atoms with Crippen molar-refractivity contribution in [2.45, 2.75) is 39.0 Å². The fraction of sp³-hybridized carbons (Fsp3) is 0.409. The molecule has 154 valence electrons. The molecule has 2 heterocycles. The average molecular weight is 396 g/mol. The van der Waals surface area contributed by atoms with Crippen LogP contribution in [0.2, 0.25) is 0 Å². The van der Waals surface area contributed by atoms with E-state index in [0.717, 1.165) is 36.6 Å². The Balaban J connectivity index is 1.48. The van der Waals surface area contributed by atoms with E-state index in [1.807, 2.05) is 54.3 Å². The topological polar surface area (TPSA) is 78.9 Å². The molecule has 0 bridgehead atoms. The number of guanidine groups is 1. The van der Waals surface area contributed by atoms with Crippen molar-refractivity contribution in [2.24, 2.45) is 4.99 Å². The number of carbonyl (C=O) groups excluding carboxylic acids is 1. The number of nitrogens with zero attached hydrogens (tertiary/aromatic N) is 3. The van der Waals surface area contributed by atoms with Gasteiger partial charge in [0.2, 0.25) is 11.8 Å². The molecule has 0 spiro atoms. The number of aromatic nitrogens is 1. The SMILES string of the molecule is CCC(=O)N1CCC(NC(=NC)NCc2ccnc(OCc3ccccc3)c2)C1. The van der Waals surface area contributed by atoms with E-state index in [0.29, 0.717) is 25.5 Å². The number of pyridine rings is 1. The lowest BCUT2D eigenvalue weighted by Gasteiger charge is -2.19. The van der Waals surface area contributed by atoms with Gasteiger partial charge in [0.15, 0.2) is 5.96 Å². The number of benzene rings is 1. The standard InChI is InChI=1S/C22H29N5O2/c1-3-21(28)27-12-10-19(15-27)26-22(23-2)25-14-18-9-11-24-20(13-18)29-16-17-7-5-4-6-8-17/h4-9,11,13,19H,3,10,12,14-16H2,1-2H3,(H2,23,25,26). The largest absolute Gasteiger partial charge is 0.473 e. The predicted molar refractivity (Wildman–Crippen MR) is 114 cm³/mol. The summed E-state index contributed by atoms with van der Waals surface area (Å²) in [5.74, 6) is 1.53. The number of carbonyl (C=O) groups is 1. The molecule has 1 amide bonds. The Morgan fingerprint density at radius 1 is 1.28 bits per heavy atom. The van der Waals surface area contributed by atoms with Gasteiger partial charge in [-0.05, 0) is 23.6 Å². The second kappa shape index (κ2) is 10.5. The molecule has 1 aromatic heterocycles. The fourth-order valence-electron chi connectivity index (χ4n) is 3.27. The maximum atomic E-state index is 11.8. The first-order valence-corrected chi connectivity index (χ1v) is 10.0. The van der Waals surface area contributed by atoms with E-state index in [4.69, 9.17) is 4.74 Å². The predicted octanol–water partition coefficient (Wildman–Crippen LogP) is 2.34. The monoisotopic (exact) mass is 395 g/mol. The second-order valence-electron chi connectivity index (χ2n) is 7.03. The Morgan fingerprint density at radius 2 is 2.10 bits per heavy atom. The van der Waals surface area contributed by atoms with E-state index >= 15 is 0 Å². The van der Waals surface area contributed by atoms with E-state index in [1.165, 1.54) is 0 Å². The van der Waals surface area contributed by atoms with Crippen molar-refractivity contribution < 1.29 is 9.53 Å². The van der Waals surface area contributed by atoms with Crippen LogP contribution < -0.4 is 15.4 Å². The molecule has 1 atom stereocenters. The highest BCUT2D eigenvalue weighted by molar-refractivity contribution is 5.80. The van der Waals surface area contributed by atoms with E-state index in [-0.39, 0.29) is 11.9 Å². The third-order valence-corrected chi connectivity index (χ3v) is 4.90. The highest BCUT2D eigenvalue weighted by atomic mass is 16.5. The minimum Gasteiger partial charge on any atom is -0.473 e. The van der Waals surface area contributed by atoms with Crippen molar-refractivity contribution in [3.8, 4) is 5.88 Å². The Kier molecular flexibility index (Phi) is 7.44. The van der Waals surface area contributed by atoms with Gasteiger partial charge in [0.1, 0.15) is 6.61 Å². The summed E-state index contributed by atoms with van der Waals surface area (Å²) < 4.78 is 5.80. The smallest absolute Gasteiger partial charge is 0.222 e. The van der Waals surface area contributed by atoms with Crippen LogP contribution in [0.15, 0.2) is 53.7 Å². The molecule has 1 fully saturated rings. The lowest BCUT2D eigenvalue weighted by atomic mass is 10.2. The summed E-state index contributed by atoms with van der Waals surface area (Å²) in [7, 11) is 1.75. The third-order valence-electron chi connectivity index (χ3n) is 4.90. The number of rotatable bonds is 7. The molecular weight excluding hydrogens is 366 g/mol. The van der Waals surface area contributed by atoms with Crippen molar-refractivity contribution in [3.63, 3.8) is 0 Å². The number of amides is 1. The van der Waals surface area contributed by atoms with Gasteiger partial charge in [-0.1, -0.05) is 37.3 Å².